The molecule has 1 unspecified atom stereocenters. The quantitative estimate of drug-likeness (QED) is 0.606. The van der Waals surface area contributed by atoms with Crippen LogP contribution < -0.4 is 0 Å². The average Bonchev–Trinajstić information content (AvgIpc) is 3.07. The van der Waals surface area contributed by atoms with E-state index in [2.05, 4.69) is 54.1 Å². The van der Waals surface area contributed by atoms with Crippen molar-refractivity contribution in [3.8, 4) is 0 Å². The maximum absolute atomic E-state index is 5.97. The molecule has 2 nitrogen and oxygen atoms in total. The molecule has 21 heavy (non-hydrogen) atoms. The summed E-state index contributed by atoms with van der Waals surface area (Å²) in [6, 6.07) is 11.0. The lowest BCUT2D eigenvalue weighted by molar-refractivity contribution is 0.540. The smallest absolute Gasteiger partial charge is 0.111 e. The molecule has 0 aliphatic carbocycles. The van der Waals surface area contributed by atoms with Gasteiger partial charge in [0.15, 0.2) is 0 Å². The van der Waals surface area contributed by atoms with Gasteiger partial charge in [-0.15, -0.1) is 22.9 Å². The lowest BCUT2D eigenvalue weighted by atomic mass is 10.1. The molecule has 0 aliphatic heterocycles. The van der Waals surface area contributed by atoms with Crippen LogP contribution >= 0.6 is 22.9 Å². The first-order valence-electron chi connectivity index (χ1n) is 7.25. The molecule has 0 spiro atoms. The first kappa shape index (κ1) is 14.6. The third-order valence-electron chi connectivity index (χ3n) is 3.82. The molecule has 0 saturated heterocycles. The number of halogens is 1. The Hall–Kier alpha value is -1.32. The molecule has 4 heteroatoms. The zero-order valence-corrected chi connectivity index (χ0v) is 13.9. The van der Waals surface area contributed by atoms with E-state index in [0.717, 1.165) is 24.2 Å². The van der Waals surface area contributed by atoms with Gasteiger partial charge in [0, 0.05) is 29.6 Å². The predicted octanol–water partition coefficient (Wildman–Crippen LogP) is 4.99. The highest BCUT2D eigenvalue weighted by molar-refractivity contribution is 7.09. The number of para-hydroxylation sites is 1. The van der Waals surface area contributed by atoms with E-state index in [9.17, 15) is 0 Å². The molecule has 0 saturated carbocycles. The largest absolute Gasteiger partial charge is 0.325 e. The molecule has 1 atom stereocenters. The van der Waals surface area contributed by atoms with Gasteiger partial charge in [0.25, 0.3) is 0 Å². The molecule has 0 fully saturated rings. The van der Waals surface area contributed by atoms with Crippen molar-refractivity contribution in [2.75, 3.05) is 5.88 Å². The first-order valence-corrected chi connectivity index (χ1v) is 8.67. The van der Waals surface area contributed by atoms with Crippen molar-refractivity contribution < 1.29 is 0 Å². The van der Waals surface area contributed by atoms with Gasteiger partial charge in [0.2, 0.25) is 0 Å². The van der Waals surface area contributed by atoms with E-state index >= 15 is 0 Å². The van der Waals surface area contributed by atoms with Crippen molar-refractivity contribution in [1.82, 2.24) is 9.55 Å². The summed E-state index contributed by atoms with van der Waals surface area (Å²) in [4.78, 5) is 6.21. The van der Waals surface area contributed by atoms with Crippen LogP contribution in [0.4, 0.5) is 0 Å². The number of hydrogen-bond donors (Lipinski definition) is 0. The fourth-order valence-corrected chi connectivity index (χ4v) is 3.91. The molecular weight excluding hydrogens is 300 g/mol. The molecule has 0 amide bonds. The van der Waals surface area contributed by atoms with Crippen molar-refractivity contribution >= 4 is 34.0 Å². The van der Waals surface area contributed by atoms with Crippen molar-refractivity contribution in [3.63, 3.8) is 0 Å². The summed E-state index contributed by atoms with van der Waals surface area (Å²) in [7, 11) is 0. The Morgan fingerprint density at radius 3 is 2.86 bits per heavy atom. The fourth-order valence-electron chi connectivity index (χ4n) is 2.92. The first-order chi connectivity index (χ1) is 10.2. The third-order valence-corrected chi connectivity index (χ3v) is 4.91. The highest BCUT2D eigenvalue weighted by Crippen LogP contribution is 2.27. The van der Waals surface area contributed by atoms with Gasteiger partial charge in [0.05, 0.1) is 11.0 Å². The molecule has 2 aromatic heterocycles. The van der Waals surface area contributed by atoms with E-state index in [0.29, 0.717) is 11.9 Å². The van der Waals surface area contributed by atoms with Crippen LogP contribution in [0.25, 0.3) is 11.0 Å². The minimum atomic E-state index is 0.382. The van der Waals surface area contributed by atoms with Crippen LogP contribution in [0.3, 0.4) is 0 Å². The number of nitrogens with zero attached hydrogens (tertiary/aromatic N) is 2. The summed E-state index contributed by atoms with van der Waals surface area (Å²) >= 11 is 7.79. The Kier molecular flexibility index (Phi) is 4.32. The van der Waals surface area contributed by atoms with Gasteiger partial charge in [-0.05, 0) is 36.9 Å². The Bertz CT molecular complexity index is 731. The molecule has 110 valence electrons. The maximum atomic E-state index is 5.97. The van der Waals surface area contributed by atoms with Crippen molar-refractivity contribution in [1.29, 1.82) is 0 Å². The van der Waals surface area contributed by atoms with Gasteiger partial charge >= 0.3 is 0 Å². The maximum Gasteiger partial charge on any atom is 0.111 e. The van der Waals surface area contributed by atoms with Crippen molar-refractivity contribution in [2.24, 2.45) is 0 Å². The topological polar surface area (TPSA) is 17.8 Å². The van der Waals surface area contributed by atoms with Crippen LogP contribution in [-0.4, -0.2) is 15.4 Å². The van der Waals surface area contributed by atoms with Gasteiger partial charge in [-0.25, -0.2) is 4.98 Å². The molecule has 0 aliphatic rings. The SMILES string of the molecule is Cc1cccc2nc(CCCl)n(C(C)Cc3cccs3)c12. The van der Waals surface area contributed by atoms with Crippen molar-refractivity contribution in [3.05, 3.63) is 52.0 Å². The number of benzene rings is 1. The predicted molar refractivity (Wildman–Crippen MR) is 91.6 cm³/mol. The second-order valence-electron chi connectivity index (χ2n) is 5.41. The van der Waals surface area contributed by atoms with E-state index in [1.807, 2.05) is 11.3 Å². The number of rotatable bonds is 5. The molecule has 2 heterocycles. The van der Waals surface area contributed by atoms with E-state index in [-0.39, 0.29) is 0 Å². The lowest BCUT2D eigenvalue weighted by Gasteiger charge is -2.18. The van der Waals surface area contributed by atoms with Gasteiger partial charge in [0.1, 0.15) is 5.82 Å². The highest BCUT2D eigenvalue weighted by atomic mass is 35.5. The number of fused-ring (bicyclic) bond motifs is 1. The Balaban J connectivity index is 2.07. The lowest BCUT2D eigenvalue weighted by Crippen LogP contribution is -2.12. The molecule has 1 aromatic carbocycles. The third kappa shape index (κ3) is 2.85. The molecule has 0 radical (unpaired) electrons. The van der Waals surface area contributed by atoms with E-state index < -0.39 is 0 Å². The Morgan fingerprint density at radius 1 is 1.29 bits per heavy atom. The number of aryl methyl sites for hydroxylation is 2. The van der Waals surface area contributed by atoms with Crippen LogP contribution in [0, 0.1) is 6.92 Å². The van der Waals surface area contributed by atoms with E-state index in [4.69, 9.17) is 16.6 Å². The summed E-state index contributed by atoms with van der Waals surface area (Å²) in [6.07, 6.45) is 1.84. The Labute approximate surface area is 134 Å². The molecule has 0 N–H and O–H groups in total. The van der Waals surface area contributed by atoms with Crippen LogP contribution in [0.5, 0.6) is 0 Å². The summed E-state index contributed by atoms with van der Waals surface area (Å²) in [5.41, 5.74) is 3.61. The molecule has 3 aromatic rings. The van der Waals surface area contributed by atoms with Gasteiger partial charge in [-0.2, -0.15) is 0 Å². The van der Waals surface area contributed by atoms with Crippen LogP contribution in [0.2, 0.25) is 0 Å². The standard InChI is InChI=1S/C17H19ClN2S/c1-12-5-3-7-15-17(12)20(16(19-15)8-9-18)13(2)11-14-6-4-10-21-14/h3-7,10,13H,8-9,11H2,1-2H3. The number of imidazole rings is 1. The van der Waals surface area contributed by atoms with Gasteiger partial charge in [-0.3, -0.25) is 0 Å². The number of alkyl halides is 1. The average molecular weight is 319 g/mol. The van der Waals surface area contributed by atoms with Crippen LogP contribution in [-0.2, 0) is 12.8 Å². The number of thiophene rings is 1. The number of aromatic nitrogens is 2. The summed E-state index contributed by atoms with van der Waals surface area (Å²) in [5, 5.41) is 2.14. The van der Waals surface area contributed by atoms with Crippen LogP contribution in [0.15, 0.2) is 35.7 Å². The second kappa shape index (κ2) is 6.20. The fraction of sp³-hybridized carbons (Fsp3) is 0.353. The van der Waals surface area contributed by atoms with Crippen molar-refractivity contribution in [2.45, 2.75) is 32.7 Å². The summed E-state index contributed by atoms with van der Waals surface area (Å²) in [5.74, 6) is 1.70. The van der Waals surface area contributed by atoms with Crippen LogP contribution in [0.1, 0.15) is 29.2 Å². The molecule has 3 rings (SSSR count). The number of hydrogen-bond acceptors (Lipinski definition) is 2. The monoisotopic (exact) mass is 318 g/mol. The van der Waals surface area contributed by atoms with Gasteiger partial charge < -0.3 is 4.57 Å². The van der Waals surface area contributed by atoms with E-state index in [1.165, 1.54) is 16.0 Å². The minimum absolute atomic E-state index is 0.382. The summed E-state index contributed by atoms with van der Waals surface area (Å²) < 4.78 is 2.38. The molecular formula is C17H19ClN2S. The minimum Gasteiger partial charge on any atom is -0.325 e. The summed E-state index contributed by atoms with van der Waals surface area (Å²) in [6.45, 7) is 4.42. The Morgan fingerprint density at radius 2 is 2.14 bits per heavy atom. The molecule has 0 bridgehead atoms. The second-order valence-corrected chi connectivity index (χ2v) is 6.82. The zero-order valence-electron chi connectivity index (χ0n) is 12.3. The zero-order chi connectivity index (χ0) is 14.8. The highest BCUT2D eigenvalue weighted by Gasteiger charge is 2.17. The van der Waals surface area contributed by atoms with Gasteiger partial charge in [-0.1, -0.05) is 18.2 Å². The van der Waals surface area contributed by atoms with E-state index in [1.54, 1.807) is 0 Å². The normalized spacial score (nSPS) is 12.9.